The Morgan fingerprint density at radius 3 is 2.94 bits per heavy atom. The molecule has 0 aliphatic carbocycles. The Bertz CT molecular complexity index is 1030. The van der Waals surface area contributed by atoms with Crippen LogP contribution in [-0.2, 0) is 11.3 Å². The molecule has 3 N–H and O–H groups in total. The molecule has 0 bridgehead atoms. The highest BCUT2D eigenvalue weighted by Gasteiger charge is 2.24. The van der Waals surface area contributed by atoms with Gasteiger partial charge < -0.3 is 25.6 Å². The van der Waals surface area contributed by atoms with Gasteiger partial charge in [0, 0.05) is 54.2 Å². The molecule has 2 aromatic rings. The molecule has 0 radical (unpaired) electrons. The monoisotopic (exact) mass is 473 g/mol. The standard InChI is InChI=1S/C23H28ClN5O2S/c1-15-17(24)5-4-6-18(15)28-23(32)21-19(8-10-26-22(21)30)27-13-16-7-9-25-14-20(16)31-12-11-29(2)3/h4-7,9,14,27H,8,10-13H2,1-3H3,(H,26,30)(H,28,32). The summed E-state index contributed by atoms with van der Waals surface area (Å²) in [6, 6.07) is 7.46. The minimum Gasteiger partial charge on any atom is -0.490 e. The molecule has 1 aliphatic heterocycles. The van der Waals surface area contributed by atoms with Crippen molar-refractivity contribution in [1.29, 1.82) is 0 Å². The third-order valence-electron chi connectivity index (χ3n) is 5.09. The molecule has 0 saturated heterocycles. The second kappa shape index (κ2) is 11.3. The van der Waals surface area contributed by atoms with Crippen molar-refractivity contribution in [3.05, 3.63) is 64.1 Å². The third-order valence-corrected chi connectivity index (χ3v) is 5.81. The lowest BCUT2D eigenvalue weighted by Crippen LogP contribution is -2.39. The van der Waals surface area contributed by atoms with Gasteiger partial charge >= 0.3 is 0 Å². The number of nitrogens with zero attached hydrogens (tertiary/aromatic N) is 2. The molecule has 0 unspecified atom stereocenters. The number of benzene rings is 1. The number of rotatable bonds is 9. The van der Waals surface area contributed by atoms with Crippen molar-refractivity contribution < 1.29 is 9.53 Å². The van der Waals surface area contributed by atoms with Crippen LogP contribution in [0.15, 0.2) is 47.9 Å². The third kappa shape index (κ3) is 6.18. The summed E-state index contributed by atoms with van der Waals surface area (Å²) in [7, 11) is 4.00. The van der Waals surface area contributed by atoms with E-state index in [2.05, 4.69) is 25.8 Å². The summed E-state index contributed by atoms with van der Waals surface area (Å²) in [5.74, 6) is 0.521. The van der Waals surface area contributed by atoms with Gasteiger partial charge in [0.1, 0.15) is 17.3 Å². The quantitative estimate of drug-likeness (QED) is 0.482. The molecule has 7 nitrogen and oxygen atoms in total. The maximum atomic E-state index is 12.7. The molecule has 3 rings (SSSR count). The van der Waals surface area contributed by atoms with Gasteiger partial charge in [-0.3, -0.25) is 9.78 Å². The van der Waals surface area contributed by atoms with Crippen LogP contribution in [-0.4, -0.2) is 54.6 Å². The van der Waals surface area contributed by atoms with Crippen LogP contribution in [0.3, 0.4) is 0 Å². The Labute approximate surface area is 199 Å². The minimum absolute atomic E-state index is 0.201. The summed E-state index contributed by atoms with van der Waals surface area (Å²) in [6.45, 7) is 4.31. The number of likely N-dealkylation sites (N-methyl/N-ethyl adjacent to an activating group) is 1. The summed E-state index contributed by atoms with van der Waals surface area (Å²) in [6.07, 6.45) is 4.09. The zero-order chi connectivity index (χ0) is 23.1. The highest BCUT2D eigenvalue weighted by atomic mass is 35.5. The van der Waals surface area contributed by atoms with Gasteiger partial charge in [-0.1, -0.05) is 29.9 Å². The molecular weight excluding hydrogens is 446 g/mol. The number of hydrogen-bond acceptors (Lipinski definition) is 6. The van der Waals surface area contributed by atoms with Crippen LogP contribution in [0.25, 0.3) is 0 Å². The van der Waals surface area contributed by atoms with Gasteiger partial charge in [-0.05, 0) is 44.8 Å². The fraction of sp³-hybridized carbons (Fsp3) is 0.348. The van der Waals surface area contributed by atoms with Crippen LogP contribution in [0.2, 0.25) is 5.02 Å². The fourth-order valence-corrected chi connectivity index (χ4v) is 3.72. The largest absolute Gasteiger partial charge is 0.490 e. The summed E-state index contributed by atoms with van der Waals surface area (Å²) in [5.41, 5.74) is 3.84. The van der Waals surface area contributed by atoms with E-state index in [0.29, 0.717) is 41.7 Å². The average molecular weight is 474 g/mol. The van der Waals surface area contributed by atoms with E-state index in [4.69, 9.17) is 28.6 Å². The molecule has 0 fully saturated rings. The minimum atomic E-state index is -0.201. The van der Waals surface area contributed by atoms with Gasteiger partial charge in [-0.15, -0.1) is 0 Å². The summed E-state index contributed by atoms with van der Waals surface area (Å²) in [4.78, 5) is 19.3. The van der Waals surface area contributed by atoms with E-state index in [-0.39, 0.29) is 5.91 Å². The molecule has 9 heteroatoms. The molecular formula is C23H28ClN5O2S. The first-order valence-corrected chi connectivity index (χ1v) is 11.2. The zero-order valence-corrected chi connectivity index (χ0v) is 20.1. The highest BCUT2D eigenvalue weighted by Crippen LogP contribution is 2.25. The van der Waals surface area contributed by atoms with Crippen LogP contribution >= 0.6 is 23.8 Å². The molecule has 0 spiro atoms. The predicted octanol–water partition coefficient (Wildman–Crippen LogP) is 3.29. The SMILES string of the molecule is Cc1c(Cl)cccc1NC(=S)C1=C(NCc2ccncc2OCCN(C)C)CCNC1=O. The van der Waals surface area contributed by atoms with Crippen LogP contribution < -0.4 is 20.7 Å². The van der Waals surface area contributed by atoms with Crippen molar-refractivity contribution in [1.82, 2.24) is 20.5 Å². The Morgan fingerprint density at radius 1 is 1.34 bits per heavy atom. The molecule has 170 valence electrons. The van der Waals surface area contributed by atoms with E-state index < -0.39 is 0 Å². The van der Waals surface area contributed by atoms with Gasteiger partial charge in [0.25, 0.3) is 5.91 Å². The second-order valence-corrected chi connectivity index (χ2v) is 8.53. The van der Waals surface area contributed by atoms with E-state index in [9.17, 15) is 4.79 Å². The Balaban J connectivity index is 1.76. The van der Waals surface area contributed by atoms with Gasteiger partial charge in [0.15, 0.2) is 0 Å². The highest BCUT2D eigenvalue weighted by molar-refractivity contribution is 7.81. The Kier molecular flexibility index (Phi) is 8.44. The second-order valence-electron chi connectivity index (χ2n) is 7.71. The molecule has 0 saturated carbocycles. The number of halogens is 1. The van der Waals surface area contributed by atoms with Crippen LogP contribution in [0, 0.1) is 6.92 Å². The first kappa shape index (κ1) is 24.0. The maximum absolute atomic E-state index is 12.7. The molecule has 1 aliphatic rings. The number of ether oxygens (including phenoxy) is 1. The van der Waals surface area contributed by atoms with Crippen molar-refractivity contribution in [2.75, 3.05) is 39.1 Å². The predicted molar refractivity (Wildman–Crippen MR) is 132 cm³/mol. The first-order chi connectivity index (χ1) is 15.4. The molecule has 0 atom stereocenters. The molecule has 32 heavy (non-hydrogen) atoms. The first-order valence-electron chi connectivity index (χ1n) is 10.4. The van der Waals surface area contributed by atoms with Crippen molar-refractivity contribution in [2.24, 2.45) is 0 Å². The lowest BCUT2D eigenvalue weighted by molar-refractivity contribution is -0.117. The normalized spacial score (nSPS) is 13.7. The van der Waals surface area contributed by atoms with Gasteiger partial charge in [0.05, 0.1) is 11.8 Å². The lowest BCUT2D eigenvalue weighted by atomic mass is 10.1. The van der Waals surface area contributed by atoms with E-state index in [1.54, 1.807) is 12.4 Å². The van der Waals surface area contributed by atoms with Crippen LogP contribution in [0.1, 0.15) is 17.5 Å². The molecule has 2 heterocycles. The van der Waals surface area contributed by atoms with Gasteiger partial charge in [0.2, 0.25) is 0 Å². The van der Waals surface area contributed by atoms with Crippen molar-refractivity contribution in [3.63, 3.8) is 0 Å². The smallest absolute Gasteiger partial charge is 0.256 e. The Hall–Kier alpha value is -2.68. The summed E-state index contributed by atoms with van der Waals surface area (Å²) in [5, 5.41) is 10.1. The number of anilines is 1. The number of hydrogen-bond donors (Lipinski definition) is 3. The number of pyridine rings is 1. The van der Waals surface area contributed by atoms with E-state index in [1.165, 1.54) is 0 Å². The number of carbonyl (C=O) groups is 1. The van der Waals surface area contributed by atoms with Gasteiger partial charge in [-0.25, -0.2) is 0 Å². The number of nitrogens with one attached hydrogen (secondary N) is 3. The van der Waals surface area contributed by atoms with Crippen molar-refractivity contribution >= 4 is 40.4 Å². The van der Waals surface area contributed by atoms with Crippen molar-refractivity contribution in [2.45, 2.75) is 19.9 Å². The summed E-state index contributed by atoms with van der Waals surface area (Å²) < 4.78 is 5.90. The molecule has 1 aromatic heterocycles. The van der Waals surface area contributed by atoms with E-state index in [1.807, 2.05) is 45.3 Å². The van der Waals surface area contributed by atoms with Crippen LogP contribution in [0.5, 0.6) is 5.75 Å². The average Bonchev–Trinajstić information content (AvgIpc) is 2.76. The number of thiocarbonyl (C=S) groups is 1. The number of aromatic nitrogens is 1. The van der Waals surface area contributed by atoms with E-state index in [0.717, 1.165) is 34.8 Å². The fourth-order valence-electron chi connectivity index (χ4n) is 3.22. The number of amides is 1. The topological polar surface area (TPSA) is 78.5 Å². The zero-order valence-electron chi connectivity index (χ0n) is 18.5. The number of carbonyl (C=O) groups excluding carboxylic acids is 1. The summed E-state index contributed by atoms with van der Waals surface area (Å²) >= 11 is 11.8. The van der Waals surface area contributed by atoms with Gasteiger partial charge in [-0.2, -0.15) is 0 Å². The Morgan fingerprint density at radius 2 is 2.16 bits per heavy atom. The van der Waals surface area contributed by atoms with Crippen LogP contribution in [0.4, 0.5) is 5.69 Å². The van der Waals surface area contributed by atoms with E-state index >= 15 is 0 Å². The molecule has 1 aromatic carbocycles. The lowest BCUT2D eigenvalue weighted by Gasteiger charge is -2.24. The molecule has 1 amide bonds. The van der Waals surface area contributed by atoms with Crippen molar-refractivity contribution in [3.8, 4) is 5.75 Å². The maximum Gasteiger partial charge on any atom is 0.256 e.